The Bertz CT molecular complexity index is 975. The molecule has 8 heteroatoms. The Labute approximate surface area is 219 Å². The lowest BCUT2D eigenvalue weighted by Crippen LogP contribution is -2.52. The molecule has 0 aromatic heterocycles. The summed E-state index contributed by atoms with van der Waals surface area (Å²) in [6.45, 7) is 8.39. The molecule has 0 saturated carbocycles. The molecule has 2 aromatic carbocycles. The molecule has 2 aromatic rings. The zero-order valence-corrected chi connectivity index (χ0v) is 22.3. The molecule has 2 aliphatic rings. The van der Waals surface area contributed by atoms with Crippen LogP contribution in [0.15, 0.2) is 53.5 Å². The first kappa shape index (κ1) is 26.1. The van der Waals surface area contributed by atoms with Crippen LogP contribution < -0.4 is 10.2 Å². The molecule has 1 amide bonds. The molecule has 0 unspecified atom stereocenters. The first-order valence-corrected chi connectivity index (χ1v) is 12.1. The highest BCUT2D eigenvalue weighted by Gasteiger charge is 2.22. The number of hydrogen-bond acceptors (Lipinski definition) is 4. The number of piperazine rings is 1. The SMILES string of the molecule is CCNC(=NCCCC(=O)N1CCc2ccccc2C1)N1CCN(c2ccccc2O)CC1.I. The summed E-state index contributed by atoms with van der Waals surface area (Å²) in [5, 5.41) is 13.5. The van der Waals surface area contributed by atoms with Gasteiger partial charge in [0, 0.05) is 58.8 Å². The number of nitrogens with one attached hydrogen (secondary N) is 1. The van der Waals surface area contributed by atoms with Crippen molar-refractivity contribution in [2.75, 3.05) is 50.7 Å². The minimum Gasteiger partial charge on any atom is -0.506 e. The van der Waals surface area contributed by atoms with Crippen LogP contribution in [0.1, 0.15) is 30.9 Å². The molecule has 2 heterocycles. The fraction of sp³-hybridized carbons (Fsp3) is 0.462. The third kappa shape index (κ3) is 6.55. The van der Waals surface area contributed by atoms with E-state index in [2.05, 4.69) is 40.2 Å². The molecule has 0 radical (unpaired) electrons. The highest BCUT2D eigenvalue weighted by atomic mass is 127. The lowest BCUT2D eigenvalue weighted by molar-refractivity contribution is -0.132. The van der Waals surface area contributed by atoms with Crippen LogP contribution in [0.5, 0.6) is 5.75 Å². The maximum absolute atomic E-state index is 12.7. The molecule has 2 aliphatic heterocycles. The topological polar surface area (TPSA) is 71.4 Å². The van der Waals surface area contributed by atoms with Gasteiger partial charge in [0.1, 0.15) is 5.75 Å². The zero-order valence-electron chi connectivity index (χ0n) is 19.9. The highest BCUT2D eigenvalue weighted by Crippen LogP contribution is 2.27. The number of aromatic hydroxyl groups is 1. The molecule has 4 rings (SSSR count). The van der Waals surface area contributed by atoms with Crippen LogP contribution in [-0.4, -0.2) is 72.6 Å². The van der Waals surface area contributed by atoms with E-state index < -0.39 is 0 Å². The summed E-state index contributed by atoms with van der Waals surface area (Å²) in [4.78, 5) is 24.0. The quantitative estimate of drug-likeness (QED) is 0.238. The first-order valence-electron chi connectivity index (χ1n) is 12.1. The zero-order chi connectivity index (χ0) is 23.0. The Morgan fingerprint density at radius 2 is 1.68 bits per heavy atom. The Balaban J connectivity index is 0.00000324. The van der Waals surface area contributed by atoms with Gasteiger partial charge in [0.15, 0.2) is 5.96 Å². The van der Waals surface area contributed by atoms with Gasteiger partial charge in [-0.3, -0.25) is 9.79 Å². The molecule has 1 fully saturated rings. The van der Waals surface area contributed by atoms with Crippen molar-refractivity contribution in [1.82, 2.24) is 15.1 Å². The number of halogens is 1. The molecule has 0 aliphatic carbocycles. The predicted octanol–water partition coefficient (Wildman–Crippen LogP) is 3.46. The number of benzene rings is 2. The van der Waals surface area contributed by atoms with Crippen LogP contribution in [0.2, 0.25) is 0 Å². The van der Waals surface area contributed by atoms with E-state index in [1.165, 1.54) is 11.1 Å². The Hall–Kier alpha value is -2.49. The Morgan fingerprint density at radius 1 is 0.971 bits per heavy atom. The largest absolute Gasteiger partial charge is 0.506 e. The smallest absolute Gasteiger partial charge is 0.222 e. The number of rotatable bonds is 6. The van der Waals surface area contributed by atoms with E-state index in [1.54, 1.807) is 6.07 Å². The van der Waals surface area contributed by atoms with E-state index in [4.69, 9.17) is 4.99 Å². The molecule has 7 nitrogen and oxygen atoms in total. The number of phenolic OH excluding ortho intramolecular Hbond substituents is 1. The molecular weight excluding hydrogens is 541 g/mol. The number of fused-ring (bicyclic) bond motifs is 1. The fourth-order valence-corrected chi connectivity index (χ4v) is 4.60. The minimum absolute atomic E-state index is 0. The second-order valence-corrected chi connectivity index (χ2v) is 8.64. The number of phenols is 1. The lowest BCUT2D eigenvalue weighted by atomic mass is 9.99. The van der Waals surface area contributed by atoms with E-state index in [-0.39, 0.29) is 29.9 Å². The molecule has 184 valence electrons. The average molecular weight is 578 g/mol. The lowest BCUT2D eigenvalue weighted by Gasteiger charge is -2.37. The number of carbonyl (C=O) groups is 1. The van der Waals surface area contributed by atoms with Gasteiger partial charge in [0.25, 0.3) is 0 Å². The third-order valence-electron chi connectivity index (χ3n) is 6.43. The number of amides is 1. The van der Waals surface area contributed by atoms with Crippen molar-refractivity contribution in [3.63, 3.8) is 0 Å². The van der Waals surface area contributed by atoms with Crippen molar-refractivity contribution in [3.05, 3.63) is 59.7 Å². The molecule has 34 heavy (non-hydrogen) atoms. The van der Waals surface area contributed by atoms with E-state index >= 15 is 0 Å². The molecule has 2 N–H and O–H groups in total. The second-order valence-electron chi connectivity index (χ2n) is 8.64. The number of aliphatic imine (C=N–C) groups is 1. The number of carbonyl (C=O) groups excluding carboxylic acids is 1. The summed E-state index contributed by atoms with van der Waals surface area (Å²) in [6.07, 6.45) is 2.23. The van der Waals surface area contributed by atoms with Crippen LogP contribution in [0.4, 0.5) is 5.69 Å². The van der Waals surface area contributed by atoms with Gasteiger partial charge in [-0.05, 0) is 43.0 Å². The summed E-state index contributed by atoms with van der Waals surface area (Å²) < 4.78 is 0. The third-order valence-corrected chi connectivity index (χ3v) is 6.43. The van der Waals surface area contributed by atoms with Crippen molar-refractivity contribution < 1.29 is 9.90 Å². The fourth-order valence-electron chi connectivity index (χ4n) is 4.60. The van der Waals surface area contributed by atoms with Crippen molar-refractivity contribution in [1.29, 1.82) is 0 Å². The van der Waals surface area contributed by atoms with Gasteiger partial charge in [-0.1, -0.05) is 36.4 Å². The molecule has 0 bridgehead atoms. The second kappa shape index (κ2) is 12.8. The number of hydrogen-bond donors (Lipinski definition) is 2. The monoisotopic (exact) mass is 577 g/mol. The van der Waals surface area contributed by atoms with Crippen LogP contribution in [0.3, 0.4) is 0 Å². The van der Waals surface area contributed by atoms with Crippen LogP contribution in [0, 0.1) is 0 Å². The van der Waals surface area contributed by atoms with Crippen molar-refractivity contribution in [3.8, 4) is 5.75 Å². The van der Waals surface area contributed by atoms with Crippen molar-refractivity contribution in [2.45, 2.75) is 32.7 Å². The number of nitrogens with zero attached hydrogens (tertiary/aromatic N) is 4. The van der Waals surface area contributed by atoms with Crippen LogP contribution in [-0.2, 0) is 17.8 Å². The molecule has 0 atom stereocenters. The summed E-state index contributed by atoms with van der Waals surface area (Å²) in [7, 11) is 0. The minimum atomic E-state index is 0. The molecule has 0 spiro atoms. The molecular formula is C26H36IN5O2. The average Bonchev–Trinajstić information content (AvgIpc) is 2.86. The van der Waals surface area contributed by atoms with Gasteiger partial charge in [-0.15, -0.1) is 24.0 Å². The first-order chi connectivity index (χ1) is 16.2. The van der Waals surface area contributed by atoms with Gasteiger partial charge in [0.2, 0.25) is 5.91 Å². The molecule has 1 saturated heterocycles. The summed E-state index contributed by atoms with van der Waals surface area (Å²) in [5.74, 6) is 1.46. The maximum Gasteiger partial charge on any atom is 0.222 e. The summed E-state index contributed by atoms with van der Waals surface area (Å²) in [6, 6.07) is 15.9. The Morgan fingerprint density at radius 3 is 2.41 bits per heavy atom. The summed E-state index contributed by atoms with van der Waals surface area (Å²) >= 11 is 0. The van der Waals surface area contributed by atoms with Crippen molar-refractivity contribution >= 4 is 41.5 Å². The Kier molecular flexibility index (Phi) is 9.86. The van der Waals surface area contributed by atoms with Gasteiger partial charge in [-0.25, -0.2) is 0 Å². The van der Waals surface area contributed by atoms with E-state index in [0.29, 0.717) is 18.7 Å². The van der Waals surface area contributed by atoms with E-state index in [1.807, 2.05) is 29.2 Å². The maximum atomic E-state index is 12.7. The number of anilines is 1. The number of para-hydroxylation sites is 2. The van der Waals surface area contributed by atoms with E-state index in [9.17, 15) is 9.90 Å². The van der Waals surface area contributed by atoms with Gasteiger partial charge in [0.05, 0.1) is 5.69 Å². The highest BCUT2D eigenvalue weighted by molar-refractivity contribution is 14.0. The summed E-state index contributed by atoms with van der Waals surface area (Å²) in [5.41, 5.74) is 3.52. The standard InChI is InChI=1S/C26H35N5O2.HI/c1-2-27-26(30-18-16-29(17-19-30)23-10-5-6-11-24(23)32)28-14-7-12-25(33)31-15-13-21-8-3-4-9-22(21)20-31;/h3-6,8-11,32H,2,7,12-20H2,1H3,(H,27,28);1H. The van der Waals surface area contributed by atoms with Crippen LogP contribution in [0.25, 0.3) is 0 Å². The number of guanidine groups is 1. The van der Waals surface area contributed by atoms with Crippen molar-refractivity contribution in [2.24, 2.45) is 4.99 Å². The van der Waals surface area contributed by atoms with Gasteiger partial charge in [-0.2, -0.15) is 0 Å². The van der Waals surface area contributed by atoms with Gasteiger partial charge >= 0.3 is 0 Å². The predicted molar refractivity (Wildman–Crippen MR) is 148 cm³/mol. The van der Waals surface area contributed by atoms with Gasteiger partial charge < -0.3 is 25.1 Å². The van der Waals surface area contributed by atoms with Crippen LogP contribution >= 0.6 is 24.0 Å². The van der Waals surface area contributed by atoms with E-state index in [0.717, 1.165) is 70.3 Å². The normalized spacial score (nSPS) is 16.0.